The van der Waals surface area contributed by atoms with Gasteiger partial charge in [0.05, 0.1) is 45.2 Å². The molecule has 1 fully saturated rings. The van der Waals surface area contributed by atoms with Gasteiger partial charge in [-0.2, -0.15) is 0 Å². The average Bonchev–Trinajstić information content (AvgIpc) is 3.05. The topological polar surface area (TPSA) is 66.4 Å². The van der Waals surface area contributed by atoms with Gasteiger partial charge in [-0.15, -0.1) is 0 Å². The summed E-state index contributed by atoms with van der Waals surface area (Å²) in [5.41, 5.74) is 1.82. The molecule has 0 unspecified atom stereocenters. The second-order valence-corrected chi connectivity index (χ2v) is 11.5. The molecule has 226 valence electrons. The maximum Gasteiger partial charge on any atom is 0.150 e. The highest BCUT2D eigenvalue weighted by Gasteiger charge is 2.68. The van der Waals surface area contributed by atoms with Crippen LogP contribution < -0.4 is 0 Å². The molecule has 4 aromatic rings. The Morgan fingerprint density at radius 3 is 1.42 bits per heavy atom. The predicted molar refractivity (Wildman–Crippen MR) is 166 cm³/mol. The van der Waals surface area contributed by atoms with E-state index in [2.05, 4.69) is 0 Å². The van der Waals surface area contributed by atoms with Crippen molar-refractivity contribution in [2.24, 2.45) is 0 Å². The Hall–Kier alpha value is -3.36. The van der Waals surface area contributed by atoms with Gasteiger partial charge in [0.2, 0.25) is 0 Å². The average molecular weight is 583 g/mol. The van der Waals surface area contributed by atoms with Crippen LogP contribution in [-0.2, 0) is 50.1 Å². The maximum atomic E-state index is 12.6. The van der Waals surface area contributed by atoms with Crippen molar-refractivity contribution >= 4 is 0 Å². The smallest absolute Gasteiger partial charge is 0.150 e. The van der Waals surface area contributed by atoms with Crippen LogP contribution in [0.3, 0.4) is 0 Å². The Bertz CT molecular complexity index is 1350. The highest BCUT2D eigenvalue weighted by molar-refractivity contribution is 5.20. The standard InChI is InChI=1S/C37H42O6/c1-36(2)37(38,34(42-26-32-21-13-6-14-22-32)28-40-24-30-17-9-4-10-18-30)35(43-36)33(41-25-31-19-11-5-12-20-31)27-39-23-29-15-7-3-8-16-29/h3-22,33-35,38H,23-28H2,1-2H3/t33-,34-,35-,37+/m1/s1. The first-order chi connectivity index (χ1) is 21.0. The van der Waals surface area contributed by atoms with Crippen molar-refractivity contribution in [1.82, 2.24) is 0 Å². The fraction of sp³-hybridized carbons (Fsp3) is 0.351. The molecular weight excluding hydrogens is 540 g/mol. The molecule has 6 nitrogen and oxygen atoms in total. The van der Waals surface area contributed by atoms with E-state index >= 15 is 0 Å². The summed E-state index contributed by atoms with van der Waals surface area (Å²) >= 11 is 0. The summed E-state index contributed by atoms with van der Waals surface area (Å²) in [6, 6.07) is 39.9. The van der Waals surface area contributed by atoms with Crippen molar-refractivity contribution < 1.29 is 28.8 Å². The lowest BCUT2D eigenvalue weighted by molar-refractivity contribution is -0.395. The molecule has 0 spiro atoms. The Morgan fingerprint density at radius 2 is 0.977 bits per heavy atom. The predicted octanol–water partition coefficient (Wildman–Crippen LogP) is 6.50. The Morgan fingerprint density at radius 1 is 0.581 bits per heavy atom. The molecule has 4 atom stereocenters. The minimum Gasteiger partial charge on any atom is -0.381 e. The van der Waals surface area contributed by atoms with Gasteiger partial charge in [-0.1, -0.05) is 121 Å². The van der Waals surface area contributed by atoms with Gasteiger partial charge in [0.15, 0.2) is 0 Å². The third-order valence-corrected chi connectivity index (χ3v) is 8.02. The number of hydrogen-bond donors (Lipinski definition) is 1. The van der Waals surface area contributed by atoms with Crippen LogP contribution in [0.15, 0.2) is 121 Å². The monoisotopic (exact) mass is 582 g/mol. The summed E-state index contributed by atoms with van der Waals surface area (Å²) in [6.45, 7) is 5.70. The molecule has 1 aliphatic rings. The normalized spacial score (nSPS) is 20.7. The molecule has 0 aliphatic carbocycles. The van der Waals surface area contributed by atoms with Crippen molar-refractivity contribution in [3.05, 3.63) is 144 Å². The van der Waals surface area contributed by atoms with Crippen LogP contribution in [0, 0.1) is 0 Å². The van der Waals surface area contributed by atoms with E-state index in [4.69, 9.17) is 23.7 Å². The first kappa shape index (κ1) is 31.1. The van der Waals surface area contributed by atoms with Crippen molar-refractivity contribution in [2.75, 3.05) is 13.2 Å². The summed E-state index contributed by atoms with van der Waals surface area (Å²) in [5.74, 6) is 0. The van der Waals surface area contributed by atoms with Gasteiger partial charge in [-0.05, 0) is 36.1 Å². The fourth-order valence-electron chi connectivity index (χ4n) is 5.52. The summed E-state index contributed by atoms with van der Waals surface area (Å²) in [6.07, 6.45) is -1.95. The van der Waals surface area contributed by atoms with E-state index in [1.165, 1.54) is 0 Å². The number of hydrogen-bond acceptors (Lipinski definition) is 6. The molecular formula is C37H42O6. The van der Waals surface area contributed by atoms with Crippen LogP contribution in [0.1, 0.15) is 36.1 Å². The second kappa shape index (κ2) is 14.9. The van der Waals surface area contributed by atoms with E-state index in [1.54, 1.807) is 0 Å². The molecule has 0 bridgehead atoms. The van der Waals surface area contributed by atoms with E-state index in [1.807, 2.05) is 135 Å². The summed E-state index contributed by atoms with van der Waals surface area (Å²) in [5, 5.41) is 12.6. The molecule has 1 saturated heterocycles. The summed E-state index contributed by atoms with van der Waals surface area (Å²) in [7, 11) is 0. The Balaban J connectivity index is 1.35. The minimum absolute atomic E-state index is 0.178. The van der Waals surface area contributed by atoms with E-state index < -0.39 is 29.5 Å². The van der Waals surface area contributed by atoms with Crippen LogP contribution >= 0.6 is 0 Å². The molecule has 6 heteroatoms. The van der Waals surface area contributed by atoms with Crippen LogP contribution in [0.2, 0.25) is 0 Å². The molecule has 0 saturated carbocycles. The largest absolute Gasteiger partial charge is 0.381 e. The fourth-order valence-corrected chi connectivity index (χ4v) is 5.52. The zero-order chi connectivity index (χ0) is 30.0. The van der Waals surface area contributed by atoms with Gasteiger partial charge in [0.25, 0.3) is 0 Å². The molecule has 0 radical (unpaired) electrons. The van der Waals surface area contributed by atoms with Crippen molar-refractivity contribution in [3.8, 4) is 0 Å². The zero-order valence-corrected chi connectivity index (χ0v) is 25.0. The molecule has 4 aromatic carbocycles. The third-order valence-electron chi connectivity index (χ3n) is 8.02. The molecule has 1 N–H and O–H groups in total. The Labute approximate surface area is 255 Å². The first-order valence-corrected chi connectivity index (χ1v) is 14.9. The second-order valence-electron chi connectivity index (χ2n) is 11.5. The van der Waals surface area contributed by atoms with Gasteiger partial charge < -0.3 is 28.8 Å². The number of ether oxygens (including phenoxy) is 5. The van der Waals surface area contributed by atoms with Crippen LogP contribution in [0.4, 0.5) is 0 Å². The van der Waals surface area contributed by atoms with Gasteiger partial charge >= 0.3 is 0 Å². The molecule has 1 heterocycles. The van der Waals surface area contributed by atoms with E-state index in [9.17, 15) is 5.11 Å². The molecule has 0 amide bonds. The summed E-state index contributed by atoms with van der Waals surface area (Å²) in [4.78, 5) is 0. The Kier molecular flexibility index (Phi) is 10.8. The van der Waals surface area contributed by atoms with Crippen LogP contribution in [-0.4, -0.2) is 47.8 Å². The van der Waals surface area contributed by atoms with Gasteiger partial charge in [-0.3, -0.25) is 0 Å². The zero-order valence-electron chi connectivity index (χ0n) is 25.0. The van der Waals surface area contributed by atoms with E-state index in [0.29, 0.717) is 26.4 Å². The molecule has 5 rings (SSSR count). The number of aliphatic hydroxyl groups is 1. The quantitative estimate of drug-likeness (QED) is 0.163. The lowest BCUT2D eigenvalue weighted by Crippen LogP contribution is -2.80. The first-order valence-electron chi connectivity index (χ1n) is 14.9. The number of benzene rings is 4. The van der Waals surface area contributed by atoms with Gasteiger partial charge in [0, 0.05) is 0 Å². The van der Waals surface area contributed by atoms with Crippen molar-refractivity contribution in [1.29, 1.82) is 0 Å². The highest BCUT2D eigenvalue weighted by Crippen LogP contribution is 2.48. The molecule has 0 aromatic heterocycles. The van der Waals surface area contributed by atoms with Gasteiger partial charge in [0.1, 0.15) is 23.9 Å². The summed E-state index contributed by atoms with van der Waals surface area (Å²) < 4.78 is 31.6. The van der Waals surface area contributed by atoms with Crippen molar-refractivity contribution in [3.63, 3.8) is 0 Å². The van der Waals surface area contributed by atoms with Crippen LogP contribution in [0.25, 0.3) is 0 Å². The third kappa shape index (κ3) is 7.98. The minimum atomic E-state index is -1.42. The lowest BCUT2D eigenvalue weighted by Gasteiger charge is -2.62. The maximum absolute atomic E-state index is 12.6. The SMILES string of the molecule is CC1(C)O[C@H]([C@@H](COCc2ccccc2)OCc2ccccc2)[C@@]1(O)[C@@H](COCc1ccccc1)OCc1ccccc1. The van der Waals surface area contributed by atoms with Crippen molar-refractivity contribution in [2.45, 2.75) is 69.8 Å². The highest BCUT2D eigenvalue weighted by atomic mass is 16.6. The van der Waals surface area contributed by atoms with E-state index in [0.717, 1.165) is 22.3 Å². The molecule has 1 aliphatic heterocycles. The van der Waals surface area contributed by atoms with Gasteiger partial charge in [-0.25, -0.2) is 0 Å². The number of rotatable bonds is 16. The van der Waals surface area contributed by atoms with E-state index in [-0.39, 0.29) is 13.2 Å². The molecule has 43 heavy (non-hydrogen) atoms. The van der Waals surface area contributed by atoms with Crippen LogP contribution in [0.5, 0.6) is 0 Å². The lowest BCUT2D eigenvalue weighted by atomic mass is 9.69.